The minimum atomic E-state index is 0.0264. The quantitative estimate of drug-likeness (QED) is 0.791. The summed E-state index contributed by atoms with van der Waals surface area (Å²) in [5.41, 5.74) is 2.50. The normalized spacial score (nSPS) is 12.2. The lowest BCUT2D eigenvalue weighted by Gasteiger charge is -2.10. The van der Waals surface area contributed by atoms with Crippen LogP contribution in [0.5, 0.6) is 0 Å². The molecular formula is C14H22N2O. The summed E-state index contributed by atoms with van der Waals surface area (Å²) in [7, 11) is 1.76. The molecule has 1 unspecified atom stereocenters. The van der Waals surface area contributed by atoms with Gasteiger partial charge in [0.25, 0.3) is 0 Å². The highest BCUT2D eigenvalue weighted by atomic mass is 16.1. The third kappa shape index (κ3) is 4.57. The zero-order chi connectivity index (χ0) is 12.7. The molecule has 2 N–H and O–H groups in total. The van der Waals surface area contributed by atoms with Crippen molar-refractivity contribution in [3.8, 4) is 0 Å². The SMILES string of the molecule is CCC(C)c1ccc(CNC(=O)CNC)cc1. The number of carbonyl (C=O) groups is 1. The Balaban J connectivity index is 2.48. The van der Waals surface area contributed by atoms with Gasteiger partial charge in [-0.3, -0.25) is 4.79 Å². The molecule has 0 bridgehead atoms. The molecule has 0 saturated carbocycles. The summed E-state index contributed by atoms with van der Waals surface area (Å²) in [6, 6.07) is 8.46. The second-order valence-corrected chi connectivity index (χ2v) is 4.36. The van der Waals surface area contributed by atoms with E-state index >= 15 is 0 Å². The van der Waals surface area contributed by atoms with E-state index in [1.165, 1.54) is 5.56 Å². The third-order valence-corrected chi connectivity index (χ3v) is 2.99. The first-order chi connectivity index (χ1) is 8.17. The van der Waals surface area contributed by atoms with Gasteiger partial charge in [-0.15, -0.1) is 0 Å². The summed E-state index contributed by atoms with van der Waals surface area (Å²) in [5, 5.41) is 5.68. The van der Waals surface area contributed by atoms with E-state index in [-0.39, 0.29) is 5.91 Å². The van der Waals surface area contributed by atoms with Crippen LogP contribution in [0.4, 0.5) is 0 Å². The molecule has 0 aliphatic rings. The molecule has 1 atom stereocenters. The molecule has 3 heteroatoms. The van der Waals surface area contributed by atoms with Crippen LogP contribution < -0.4 is 10.6 Å². The van der Waals surface area contributed by atoms with Crippen LogP contribution in [0.15, 0.2) is 24.3 Å². The molecular weight excluding hydrogens is 212 g/mol. The molecule has 1 amide bonds. The van der Waals surface area contributed by atoms with Gasteiger partial charge < -0.3 is 10.6 Å². The molecule has 94 valence electrons. The number of rotatable bonds is 6. The summed E-state index contributed by atoms with van der Waals surface area (Å²) < 4.78 is 0. The lowest BCUT2D eigenvalue weighted by Crippen LogP contribution is -2.31. The van der Waals surface area contributed by atoms with Crippen molar-refractivity contribution in [2.24, 2.45) is 0 Å². The van der Waals surface area contributed by atoms with Gasteiger partial charge >= 0.3 is 0 Å². The van der Waals surface area contributed by atoms with Crippen molar-refractivity contribution in [3.63, 3.8) is 0 Å². The van der Waals surface area contributed by atoms with Crippen LogP contribution in [0.25, 0.3) is 0 Å². The molecule has 17 heavy (non-hydrogen) atoms. The molecule has 0 saturated heterocycles. The molecule has 1 aromatic carbocycles. The van der Waals surface area contributed by atoms with Crippen molar-refractivity contribution >= 4 is 5.91 Å². The van der Waals surface area contributed by atoms with Crippen molar-refractivity contribution in [1.82, 2.24) is 10.6 Å². The summed E-state index contributed by atoms with van der Waals surface area (Å²) in [5.74, 6) is 0.626. The van der Waals surface area contributed by atoms with E-state index in [1.807, 2.05) is 0 Å². The van der Waals surface area contributed by atoms with Gasteiger partial charge in [0, 0.05) is 6.54 Å². The van der Waals surface area contributed by atoms with Gasteiger partial charge in [-0.1, -0.05) is 38.1 Å². The minimum Gasteiger partial charge on any atom is -0.351 e. The highest BCUT2D eigenvalue weighted by molar-refractivity contribution is 5.77. The van der Waals surface area contributed by atoms with Crippen LogP contribution in [-0.2, 0) is 11.3 Å². The maximum absolute atomic E-state index is 11.3. The predicted molar refractivity (Wildman–Crippen MR) is 70.9 cm³/mol. The van der Waals surface area contributed by atoms with Crippen molar-refractivity contribution < 1.29 is 4.79 Å². The topological polar surface area (TPSA) is 41.1 Å². The van der Waals surface area contributed by atoms with Crippen LogP contribution in [0, 0.1) is 0 Å². The first-order valence-electron chi connectivity index (χ1n) is 6.17. The molecule has 1 rings (SSSR count). The summed E-state index contributed by atoms with van der Waals surface area (Å²) in [6.07, 6.45) is 1.15. The number of nitrogens with one attached hydrogen (secondary N) is 2. The number of carbonyl (C=O) groups excluding carboxylic acids is 1. The highest BCUT2D eigenvalue weighted by Gasteiger charge is 2.03. The fourth-order valence-corrected chi connectivity index (χ4v) is 1.62. The van der Waals surface area contributed by atoms with Gasteiger partial charge in [-0.25, -0.2) is 0 Å². The summed E-state index contributed by atoms with van der Waals surface area (Å²) in [4.78, 5) is 11.3. The van der Waals surface area contributed by atoms with Crippen LogP contribution in [0.3, 0.4) is 0 Å². The van der Waals surface area contributed by atoms with E-state index in [4.69, 9.17) is 0 Å². The smallest absolute Gasteiger partial charge is 0.234 e. The van der Waals surface area contributed by atoms with Gasteiger partial charge in [0.2, 0.25) is 5.91 Å². The van der Waals surface area contributed by atoms with E-state index in [2.05, 4.69) is 48.7 Å². The second kappa shape index (κ2) is 7.07. The van der Waals surface area contributed by atoms with Gasteiger partial charge in [0.1, 0.15) is 0 Å². The molecule has 0 aliphatic carbocycles. The predicted octanol–water partition coefficient (Wildman–Crippen LogP) is 2.04. The van der Waals surface area contributed by atoms with Gasteiger partial charge in [-0.05, 0) is 30.5 Å². The highest BCUT2D eigenvalue weighted by Crippen LogP contribution is 2.18. The Labute approximate surface area is 104 Å². The standard InChI is InChI=1S/C14H22N2O/c1-4-11(2)13-7-5-12(6-8-13)9-16-14(17)10-15-3/h5-8,11,15H,4,9-10H2,1-3H3,(H,16,17). The average Bonchev–Trinajstić information content (AvgIpc) is 2.36. The van der Waals surface area contributed by atoms with Crippen LogP contribution in [-0.4, -0.2) is 19.5 Å². The third-order valence-electron chi connectivity index (χ3n) is 2.99. The van der Waals surface area contributed by atoms with Crippen molar-refractivity contribution in [2.75, 3.05) is 13.6 Å². The minimum absolute atomic E-state index is 0.0264. The lowest BCUT2D eigenvalue weighted by molar-refractivity contribution is -0.120. The fraction of sp³-hybridized carbons (Fsp3) is 0.500. The monoisotopic (exact) mass is 234 g/mol. The zero-order valence-corrected chi connectivity index (χ0v) is 10.9. The fourth-order valence-electron chi connectivity index (χ4n) is 1.62. The zero-order valence-electron chi connectivity index (χ0n) is 10.9. The molecule has 0 radical (unpaired) electrons. The molecule has 0 aliphatic heterocycles. The van der Waals surface area contributed by atoms with E-state index < -0.39 is 0 Å². The van der Waals surface area contributed by atoms with E-state index in [9.17, 15) is 4.79 Å². The Hall–Kier alpha value is -1.35. The van der Waals surface area contributed by atoms with Gasteiger partial charge in [-0.2, -0.15) is 0 Å². The van der Waals surface area contributed by atoms with Crippen LogP contribution in [0.1, 0.15) is 37.3 Å². The number of benzene rings is 1. The molecule has 0 aromatic heterocycles. The van der Waals surface area contributed by atoms with E-state index in [0.717, 1.165) is 12.0 Å². The average molecular weight is 234 g/mol. The van der Waals surface area contributed by atoms with Crippen molar-refractivity contribution in [1.29, 1.82) is 0 Å². The Kier molecular flexibility index (Phi) is 5.70. The second-order valence-electron chi connectivity index (χ2n) is 4.36. The molecule has 0 fully saturated rings. The van der Waals surface area contributed by atoms with E-state index in [1.54, 1.807) is 7.05 Å². The maximum Gasteiger partial charge on any atom is 0.234 e. The number of amides is 1. The number of hydrogen-bond donors (Lipinski definition) is 2. The van der Waals surface area contributed by atoms with E-state index in [0.29, 0.717) is 19.0 Å². The van der Waals surface area contributed by atoms with Crippen LogP contribution >= 0.6 is 0 Å². The van der Waals surface area contributed by atoms with Crippen molar-refractivity contribution in [2.45, 2.75) is 32.7 Å². The Morgan fingerprint density at radius 3 is 2.47 bits per heavy atom. The Morgan fingerprint density at radius 2 is 1.94 bits per heavy atom. The number of hydrogen-bond acceptors (Lipinski definition) is 2. The first kappa shape index (κ1) is 13.7. The van der Waals surface area contributed by atoms with Gasteiger partial charge in [0.15, 0.2) is 0 Å². The molecule has 0 heterocycles. The molecule has 0 spiro atoms. The van der Waals surface area contributed by atoms with Crippen molar-refractivity contribution in [3.05, 3.63) is 35.4 Å². The number of likely N-dealkylation sites (N-methyl/N-ethyl adjacent to an activating group) is 1. The molecule has 3 nitrogen and oxygen atoms in total. The lowest BCUT2D eigenvalue weighted by atomic mass is 9.98. The largest absolute Gasteiger partial charge is 0.351 e. The first-order valence-corrected chi connectivity index (χ1v) is 6.17. The maximum atomic E-state index is 11.3. The van der Waals surface area contributed by atoms with Crippen LogP contribution in [0.2, 0.25) is 0 Å². The Morgan fingerprint density at radius 1 is 1.29 bits per heavy atom. The molecule has 1 aromatic rings. The summed E-state index contributed by atoms with van der Waals surface area (Å²) in [6.45, 7) is 5.38. The summed E-state index contributed by atoms with van der Waals surface area (Å²) >= 11 is 0. The Bertz CT molecular complexity index is 346. The van der Waals surface area contributed by atoms with Gasteiger partial charge in [0.05, 0.1) is 6.54 Å².